The van der Waals surface area contributed by atoms with Gasteiger partial charge in [0.1, 0.15) is 0 Å². The molecule has 1 fully saturated rings. The van der Waals surface area contributed by atoms with E-state index in [9.17, 15) is 18.0 Å². The SMILES string of the molecule is C[C@H](C(=O)NC1CCCCC1)N1CCc2[nH]nc(C(F)(F)F)c2C1. The smallest absolute Gasteiger partial charge is 0.352 e. The second kappa shape index (κ2) is 6.74. The number of alkyl halides is 3. The number of hydrogen-bond acceptors (Lipinski definition) is 3. The fourth-order valence-corrected chi connectivity index (χ4v) is 3.62. The molecule has 1 aromatic rings. The van der Waals surface area contributed by atoms with Gasteiger partial charge in [-0.2, -0.15) is 18.3 Å². The molecule has 1 aromatic heterocycles. The molecule has 1 saturated carbocycles. The average Bonchev–Trinajstić information content (AvgIpc) is 2.98. The van der Waals surface area contributed by atoms with Crippen LogP contribution in [0.4, 0.5) is 13.2 Å². The van der Waals surface area contributed by atoms with Gasteiger partial charge in [0, 0.05) is 36.8 Å². The van der Waals surface area contributed by atoms with Crippen LogP contribution in [0.1, 0.15) is 56.0 Å². The molecule has 1 aliphatic carbocycles. The number of fused-ring (bicyclic) bond motifs is 1. The van der Waals surface area contributed by atoms with Gasteiger partial charge in [-0.15, -0.1) is 0 Å². The number of nitrogens with zero attached hydrogens (tertiary/aromatic N) is 2. The Morgan fingerprint density at radius 2 is 2.04 bits per heavy atom. The molecular weight excluding hydrogens is 321 g/mol. The summed E-state index contributed by atoms with van der Waals surface area (Å²) in [7, 11) is 0. The Balaban J connectivity index is 1.65. The summed E-state index contributed by atoms with van der Waals surface area (Å²) in [5.74, 6) is -0.0950. The lowest BCUT2D eigenvalue weighted by Gasteiger charge is -2.33. The van der Waals surface area contributed by atoms with Crippen molar-refractivity contribution in [3.05, 3.63) is 17.0 Å². The third-order valence-electron chi connectivity index (χ3n) is 5.11. The first-order valence-electron chi connectivity index (χ1n) is 8.54. The lowest BCUT2D eigenvalue weighted by molar-refractivity contribution is -0.142. The van der Waals surface area contributed by atoms with Gasteiger partial charge >= 0.3 is 6.18 Å². The van der Waals surface area contributed by atoms with Gasteiger partial charge in [0.15, 0.2) is 5.69 Å². The molecule has 2 heterocycles. The molecule has 0 radical (unpaired) electrons. The molecule has 24 heavy (non-hydrogen) atoms. The molecule has 3 rings (SSSR count). The van der Waals surface area contributed by atoms with E-state index in [1.54, 1.807) is 11.8 Å². The predicted octanol–water partition coefficient (Wildman–Crippen LogP) is 2.62. The van der Waals surface area contributed by atoms with Crippen molar-refractivity contribution in [2.75, 3.05) is 6.54 Å². The van der Waals surface area contributed by atoms with E-state index in [-0.39, 0.29) is 24.1 Å². The zero-order valence-electron chi connectivity index (χ0n) is 13.7. The van der Waals surface area contributed by atoms with E-state index in [2.05, 4.69) is 15.5 Å². The first-order valence-corrected chi connectivity index (χ1v) is 8.54. The van der Waals surface area contributed by atoms with E-state index < -0.39 is 17.9 Å². The first kappa shape index (κ1) is 17.3. The molecule has 2 N–H and O–H groups in total. The molecule has 5 nitrogen and oxygen atoms in total. The van der Waals surface area contributed by atoms with Crippen LogP contribution in [0.25, 0.3) is 0 Å². The maximum Gasteiger partial charge on any atom is 0.435 e. The molecule has 0 saturated heterocycles. The maximum atomic E-state index is 13.0. The summed E-state index contributed by atoms with van der Waals surface area (Å²) < 4.78 is 39.1. The van der Waals surface area contributed by atoms with Crippen molar-refractivity contribution >= 4 is 5.91 Å². The second-order valence-corrected chi connectivity index (χ2v) is 6.77. The quantitative estimate of drug-likeness (QED) is 0.886. The maximum absolute atomic E-state index is 13.0. The Labute approximate surface area is 139 Å². The number of halogens is 3. The molecule has 8 heteroatoms. The van der Waals surface area contributed by atoms with Crippen molar-refractivity contribution in [2.45, 2.75) is 70.3 Å². The number of amides is 1. The van der Waals surface area contributed by atoms with Gasteiger partial charge in [0.2, 0.25) is 5.91 Å². The molecular formula is C16H23F3N4O. The summed E-state index contributed by atoms with van der Waals surface area (Å²) in [4.78, 5) is 14.2. The lowest BCUT2D eigenvalue weighted by atomic mass is 9.95. The number of rotatable bonds is 3. The summed E-state index contributed by atoms with van der Waals surface area (Å²) in [5, 5.41) is 8.97. The average molecular weight is 344 g/mol. The predicted molar refractivity (Wildman–Crippen MR) is 82.2 cm³/mol. The fraction of sp³-hybridized carbons (Fsp3) is 0.750. The number of nitrogens with one attached hydrogen (secondary N) is 2. The number of carbonyl (C=O) groups excluding carboxylic acids is 1. The Morgan fingerprint density at radius 1 is 1.33 bits per heavy atom. The number of H-pyrrole nitrogens is 1. The van der Waals surface area contributed by atoms with Crippen molar-refractivity contribution in [1.82, 2.24) is 20.4 Å². The van der Waals surface area contributed by atoms with Crippen molar-refractivity contribution in [3.63, 3.8) is 0 Å². The standard InChI is InChI=1S/C16H23F3N4O/c1-10(15(24)20-11-5-3-2-4-6-11)23-8-7-13-12(9-23)14(22-21-13)16(17,18)19/h10-11H,2-9H2,1H3,(H,20,24)(H,21,22)/t10-/m1/s1. The van der Waals surface area contributed by atoms with Gasteiger partial charge in [0.25, 0.3) is 0 Å². The highest BCUT2D eigenvalue weighted by molar-refractivity contribution is 5.81. The number of aromatic nitrogens is 2. The zero-order chi connectivity index (χ0) is 17.3. The van der Waals surface area contributed by atoms with Crippen LogP contribution in [0.5, 0.6) is 0 Å². The van der Waals surface area contributed by atoms with Crippen LogP contribution in [0.3, 0.4) is 0 Å². The summed E-state index contributed by atoms with van der Waals surface area (Å²) in [6, 6.07) is -0.246. The summed E-state index contributed by atoms with van der Waals surface area (Å²) >= 11 is 0. The van der Waals surface area contributed by atoms with Crippen molar-refractivity contribution in [3.8, 4) is 0 Å². The van der Waals surface area contributed by atoms with Gasteiger partial charge in [-0.1, -0.05) is 19.3 Å². The Kier molecular flexibility index (Phi) is 4.85. The topological polar surface area (TPSA) is 61.0 Å². The minimum atomic E-state index is -4.47. The van der Waals surface area contributed by atoms with Crippen molar-refractivity contribution in [1.29, 1.82) is 0 Å². The van der Waals surface area contributed by atoms with Crippen LogP contribution >= 0.6 is 0 Å². The van der Waals surface area contributed by atoms with E-state index in [4.69, 9.17) is 0 Å². The summed E-state index contributed by atoms with van der Waals surface area (Å²) in [6.07, 6.45) is 1.40. The molecule has 0 aromatic carbocycles. The van der Waals surface area contributed by atoms with E-state index >= 15 is 0 Å². The molecule has 0 spiro atoms. The molecule has 0 unspecified atom stereocenters. The fourth-order valence-electron chi connectivity index (χ4n) is 3.62. The van der Waals surface area contributed by atoms with Crippen LogP contribution in [0, 0.1) is 0 Å². The minimum Gasteiger partial charge on any atom is -0.352 e. The van der Waals surface area contributed by atoms with E-state index in [1.807, 2.05) is 0 Å². The third-order valence-corrected chi connectivity index (χ3v) is 5.11. The van der Waals surface area contributed by atoms with Gasteiger partial charge in [0.05, 0.1) is 6.04 Å². The highest BCUT2D eigenvalue weighted by Crippen LogP contribution is 2.34. The van der Waals surface area contributed by atoms with Crippen LogP contribution in [0.2, 0.25) is 0 Å². The molecule has 2 aliphatic rings. The van der Waals surface area contributed by atoms with Gasteiger partial charge in [-0.05, 0) is 19.8 Å². The lowest BCUT2D eigenvalue weighted by Crippen LogP contribution is -2.50. The largest absolute Gasteiger partial charge is 0.435 e. The summed E-state index contributed by atoms with van der Waals surface area (Å²) in [6.45, 7) is 2.40. The van der Waals surface area contributed by atoms with E-state index in [0.29, 0.717) is 18.7 Å². The van der Waals surface area contributed by atoms with Crippen molar-refractivity contribution in [2.24, 2.45) is 0 Å². The molecule has 0 bridgehead atoms. The number of carbonyl (C=O) groups is 1. The Hall–Kier alpha value is -1.57. The van der Waals surface area contributed by atoms with Gasteiger partial charge in [-0.3, -0.25) is 14.8 Å². The second-order valence-electron chi connectivity index (χ2n) is 6.77. The van der Waals surface area contributed by atoms with Crippen LogP contribution in [-0.2, 0) is 23.9 Å². The molecule has 1 aliphatic heterocycles. The van der Waals surface area contributed by atoms with Crippen LogP contribution < -0.4 is 5.32 Å². The van der Waals surface area contributed by atoms with Crippen LogP contribution in [-0.4, -0.2) is 39.6 Å². The monoisotopic (exact) mass is 344 g/mol. The highest BCUT2D eigenvalue weighted by atomic mass is 19.4. The van der Waals surface area contributed by atoms with Crippen molar-refractivity contribution < 1.29 is 18.0 Å². The van der Waals surface area contributed by atoms with Gasteiger partial charge in [-0.25, -0.2) is 0 Å². The highest BCUT2D eigenvalue weighted by Gasteiger charge is 2.40. The normalized spacial score (nSPS) is 21.3. The zero-order valence-corrected chi connectivity index (χ0v) is 13.7. The van der Waals surface area contributed by atoms with E-state index in [0.717, 1.165) is 25.7 Å². The first-order chi connectivity index (χ1) is 11.4. The number of hydrogen-bond donors (Lipinski definition) is 2. The molecule has 134 valence electrons. The minimum absolute atomic E-state index is 0.0950. The van der Waals surface area contributed by atoms with Gasteiger partial charge < -0.3 is 5.32 Å². The van der Waals surface area contributed by atoms with E-state index in [1.165, 1.54) is 6.42 Å². The van der Waals surface area contributed by atoms with Crippen LogP contribution in [0.15, 0.2) is 0 Å². The third kappa shape index (κ3) is 3.58. The summed E-state index contributed by atoms with van der Waals surface area (Å²) in [5.41, 5.74) is -0.161. The number of aromatic amines is 1. The Bertz CT molecular complexity index is 593. The Morgan fingerprint density at radius 3 is 2.71 bits per heavy atom. The molecule has 1 atom stereocenters. The molecule has 1 amide bonds.